The molecule has 35 heavy (non-hydrogen) atoms. The molecule has 0 radical (unpaired) electrons. The quantitative estimate of drug-likeness (QED) is 0.474. The van der Waals surface area contributed by atoms with Crippen LogP contribution in [0.4, 0.5) is 0 Å². The number of pyridine rings is 1. The van der Waals surface area contributed by atoms with Crippen LogP contribution >= 0.6 is 11.6 Å². The molecule has 186 valence electrons. The Morgan fingerprint density at radius 2 is 1.91 bits per heavy atom. The highest BCUT2D eigenvalue weighted by Gasteiger charge is 2.22. The van der Waals surface area contributed by atoms with Gasteiger partial charge in [-0.1, -0.05) is 44.5 Å². The highest BCUT2D eigenvalue weighted by atomic mass is 35.5. The Hall–Kier alpha value is -2.81. The molecule has 1 aromatic carbocycles. The first kappa shape index (κ1) is 25.3. The number of ether oxygens (including phenoxy) is 1. The van der Waals surface area contributed by atoms with Gasteiger partial charge in [0.2, 0.25) is 0 Å². The summed E-state index contributed by atoms with van der Waals surface area (Å²) >= 11 is 6.19. The molecule has 1 saturated heterocycles. The maximum absolute atomic E-state index is 13.4. The predicted octanol–water partition coefficient (Wildman–Crippen LogP) is 3.49. The Morgan fingerprint density at radius 1 is 1.14 bits per heavy atom. The number of rotatable bonds is 8. The largest absolute Gasteiger partial charge is 0.379 e. The Balaban J connectivity index is 1.61. The van der Waals surface area contributed by atoms with Crippen molar-refractivity contribution in [2.75, 3.05) is 32.8 Å². The van der Waals surface area contributed by atoms with Gasteiger partial charge in [0.25, 0.3) is 0 Å². The van der Waals surface area contributed by atoms with Crippen molar-refractivity contribution < 1.29 is 9.53 Å². The zero-order valence-corrected chi connectivity index (χ0v) is 21.3. The van der Waals surface area contributed by atoms with Crippen LogP contribution in [-0.2, 0) is 22.4 Å². The SMILES string of the molecule is CC(C)(C)CC(=O)Cc1nn(-c2ccc(CCN3CCOCC3)cn2)c(=O)n1-c1cccc(Cl)c1. The lowest BCUT2D eigenvalue weighted by Crippen LogP contribution is -2.37. The van der Waals surface area contributed by atoms with Crippen molar-refractivity contribution in [1.29, 1.82) is 0 Å². The number of halogens is 1. The molecule has 0 unspecified atom stereocenters. The molecule has 2 aromatic heterocycles. The normalized spacial score (nSPS) is 14.9. The first-order valence-electron chi connectivity index (χ1n) is 11.9. The topological polar surface area (TPSA) is 82.2 Å². The minimum atomic E-state index is -0.389. The number of ketones is 1. The van der Waals surface area contributed by atoms with Crippen molar-refractivity contribution in [1.82, 2.24) is 24.2 Å². The van der Waals surface area contributed by atoms with Gasteiger partial charge < -0.3 is 4.74 Å². The van der Waals surface area contributed by atoms with Gasteiger partial charge in [-0.05, 0) is 41.7 Å². The van der Waals surface area contributed by atoms with Crippen LogP contribution in [0.1, 0.15) is 38.6 Å². The molecule has 9 heteroatoms. The molecule has 1 aliphatic heterocycles. The highest BCUT2D eigenvalue weighted by Crippen LogP contribution is 2.21. The molecule has 1 fully saturated rings. The molecule has 3 aromatic rings. The van der Waals surface area contributed by atoms with Crippen LogP contribution in [0.5, 0.6) is 0 Å². The molecule has 1 aliphatic rings. The zero-order chi connectivity index (χ0) is 25.0. The lowest BCUT2D eigenvalue weighted by atomic mass is 9.89. The number of hydrogen-bond acceptors (Lipinski definition) is 6. The number of hydrogen-bond donors (Lipinski definition) is 0. The van der Waals surface area contributed by atoms with Gasteiger partial charge in [0, 0.05) is 37.3 Å². The second kappa shape index (κ2) is 10.8. The summed E-state index contributed by atoms with van der Waals surface area (Å²) in [5, 5.41) is 5.02. The maximum Gasteiger partial charge on any atom is 0.356 e. The molecule has 0 bridgehead atoms. The fraction of sp³-hybridized carbons (Fsp3) is 0.462. The number of carbonyl (C=O) groups excluding carboxylic acids is 1. The summed E-state index contributed by atoms with van der Waals surface area (Å²) in [6.07, 6.45) is 3.08. The van der Waals surface area contributed by atoms with Gasteiger partial charge in [0.1, 0.15) is 11.6 Å². The number of morpholine rings is 1. The minimum Gasteiger partial charge on any atom is -0.379 e. The summed E-state index contributed by atoms with van der Waals surface area (Å²) in [5.74, 6) is 0.796. The van der Waals surface area contributed by atoms with Crippen molar-refractivity contribution in [3.8, 4) is 11.5 Å². The van der Waals surface area contributed by atoms with Crippen LogP contribution in [0.15, 0.2) is 47.4 Å². The molecule has 8 nitrogen and oxygen atoms in total. The average Bonchev–Trinajstić information content (AvgIpc) is 3.13. The van der Waals surface area contributed by atoms with Crippen molar-refractivity contribution in [2.24, 2.45) is 5.41 Å². The Bertz CT molecular complexity index is 1220. The van der Waals surface area contributed by atoms with Crippen molar-refractivity contribution in [3.05, 3.63) is 69.5 Å². The number of carbonyl (C=O) groups is 1. The smallest absolute Gasteiger partial charge is 0.356 e. The average molecular weight is 498 g/mol. The van der Waals surface area contributed by atoms with Crippen LogP contribution < -0.4 is 5.69 Å². The lowest BCUT2D eigenvalue weighted by molar-refractivity contribution is -0.120. The van der Waals surface area contributed by atoms with Crippen molar-refractivity contribution >= 4 is 17.4 Å². The third kappa shape index (κ3) is 6.66. The molecule has 3 heterocycles. The number of aromatic nitrogens is 4. The van der Waals surface area contributed by atoms with E-state index in [0.717, 1.165) is 44.8 Å². The van der Waals surface area contributed by atoms with E-state index in [-0.39, 0.29) is 23.3 Å². The summed E-state index contributed by atoms with van der Waals surface area (Å²) in [6, 6.07) is 10.7. The van der Waals surface area contributed by atoms with Crippen molar-refractivity contribution in [3.63, 3.8) is 0 Å². The first-order chi connectivity index (χ1) is 16.7. The van der Waals surface area contributed by atoms with Gasteiger partial charge in [-0.15, -0.1) is 5.10 Å². The molecule has 0 spiro atoms. The van der Waals surface area contributed by atoms with Gasteiger partial charge in [0.05, 0.1) is 25.3 Å². The van der Waals surface area contributed by atoms with E-state index < -0.39 is 0 Å². The summed E-state index contributed by atoms with van der Waals surface area (Å²) in [5.41, 5.74) is 1.11. The van der Waals surface area contributed by atoms with Gasteiger partial charge >= 0.3 is 5.69 Å². The molecule has 0 atom stereocenters. The molecular weight excluding hydrogens is 466 g/mol. The molecule has 0 aliphatic carbocycles. The van der Waals surface area contributed by atoms with E-state index in [9.17, 15) is 9.59 Å². The first-order valence-corrected chi connectivity index (χ1v) is 12.3. The summed E-state index contributed by atoms with van der Waals surface area (Å²) in [4.78, 5) is 33.1. The Morgan fingerprint density at radius 3 is 2.57 bits per heavy atom. The van der Waals surface area contributed by atoms with Crippen LogP contribution in [0.25, 0.3) is 11.5 Å². The predicted molar refractivity (Wildman–Crippen MR) is 136 cm³/mol. The summed E-state index contributed by atoms with van der Waals surface area (Å²) in [6.45, 7) is 10.4. The Labute approximate surface area is 210 Å². The highest BCUT2D eigenvalue weighted by molar-refractivity contribution is 6.30. The molecule has 0 amide bonds. The van der Waals surface area contributed by atoms with E-state index in [0.29, 0.717) is 28.8 Å². The molecule has 0 saturated carbocycles. The number of benzene rings is 1. The van der Waals surface area contributed by atoms with Gasteiger partial charge in [0.15, 0.2) is 5.82 Å². The standard InChI is InChI=1S/C26H32ClN5O3/c1-26(2,3)17-22(33)16-24-29-32(25(34)31(24)21-6-4-5-20(27)15-21)23-8-7-19(18-28-23)9-10-30-11-13-35-14-12-30/h4-8,15,18H,9-14,16-17H2,1-3H3. The lowest BCUT2D eigenvalue weighted by Gasteiger charge is -2.26. The maximum atomic E-state index is 13.4. The summed E-state index contributed by atoms with van der Waals surface area (Å²) in [7, 11) is 0. The molecular formula is C26H32ClN5O3. The van der Waals surface area contributed by atoms with Crippen molar-refractivity contribution in [2.45, 2.75) is 40.0 Å². The zero-order valence-electron chi connectivity index (χ0n) is 20.5. The second-order valence-corrected chi connectivity index (χ2v) is 10.5. The van der Waals surface area contributed by atoms with Crippen LogP contribution in [0.3, 0.4) is 0 Å². The van der Waals surface area contributed by atoms with Crippen LogP contribution in [0, 0.1) is 5.41 Å². The molecule has 4 rings (SSSR count). The third-order valence-electron chi connectivity index (χ3n) is 5.84. The third-order valence-corrected chi connectivity index (χ3v) is 6.08. The molecule has 0 N–H and O–H groups in total. The van der Waals surface area contributed by atoms with E-state index >= 15 is 0 Å². The van der Waals surface area contributed by atoms with Gasteiger partial charge in [-0.3, -0.25) is 9.69 Å². The van der Waals surface area contributed by atoms with E-state index in [2.05, 4.69) is 15.0 Å². The van der Waals surface area contributed by atoms with E-state index in [1.54, 1.807) is 36.5 Å². The van der Waals surface area contributed by atoms with E-state index in [1.807, 2.05) is 26.8 Å². The van der Waals surface area contributed by atoms with Crippen LogP contribution in [-0.4, -0.2) is 62.9 Å². The second-order valence-electron chi connectivity index (χ2n) is 10.1. The number of Topliss-reactive ketones (excluding diaryl/α,β-unsaturated/α-hetero) is 1. The van der Waals surface area contributed by atoms with E-state index in [1.165, 1.54) is 9.25 Å². The number of nitrogens with zero attached hydrogens (tertiary/aromatic N) is 5. The fourth-order valence-electron chi connectivity index (χ4n) is 4.18. The van der Waals surface area contributed by atoms with Gasteiger partial charge in [-0.25, -0.2) is 14.3 Å². The van der Waals surface area contributed by atoms with Gasteiger partial charge in [-0.2, -0.15) is 4.68 Å². The Kier molecular flexibility index (Phi) is 7.84. The summed E-state index contributed by atoms with van der Waals surface area (Å²) < 4.78 is 8.10. The van der Waals surface area contributed by atoms with E-state index in [4.69, 9.17) is 16.3 Å². The minimum absolute atomic E-state index is 0.0179. The monoisotopic (exact) mass is 497 g/mol. The fourth-order valence-corrected chi connectivity index (χ4v) is 4.36. The van der Waals surface area contributed by atoms with Crippen LogP contribution in [0.2, 0.25) is 5.02 Å².